The lowest BCUT2D eigenvalue weighted by atomic mass is 10.1. The van der Waals surface area contributed by atoms with Gasteiger partial charge in [-0.2, -0.15) is 0 Å². The number of furan rings is 1. The molecule has 29 heavy (non-hydrogen) atoms. The standard InChI is InChI=1S/C24H27N3O2/c1-19-6-2-3-10-23(19)27-13-11-26(12-14-27)18-20-7-4-8-21(16-20)24(28)25-17-22-9-5-15-29-22/h2-10,15-16H,11-14,17-18H2,1H3,(H,25,28). The predicted octanol–water partition coefficient (Wildman–Crippen LogP) is 3.84. The van der Waals surface area contributed by atoms with E-state index in [2.05, 4.69) is 52.4 Å². The summed E-state index contributed by atoms with van der Waals surface area (Å²) < 4.78 is 5.27. The number of nitrogens with one attached hydrogen (secondary N) is 1. The SMILES string of the molecule is Cc1ccccc1N1CCN(Cc2cccc(C(=O)NCc3ccco3)c2)CC1. The third-order valence-corrected chi connectivity index (χ3v) is 5.43. The topological polar surface area (TPSA) is 48.7 Å². The average Bonchev–Trinajstić information content (AvgIpc) is 3.27. The van der Waals surface area contributed by atoms with E-state index in [1.54, 1.807) is 6.26 Å². The van der Waals surface area contributed by atoms with Crippen LogP contribution in [0.1, 0.15) is 27.2 Å². The fourth-order valence-electron chi connectivity index (χ4n) is 3.82. The Morgan fingerprint density at radius 3 is 2.59 bits per heavy atom. The van der Waals surface area contributed by atoms with E-state index in [4.69, 9.17) is 4.42 Å². The van der Waals surface area contributed by atoms with Gasteiger partial charge in [0.25, 0.3) is 5.91 Å². The van der Waals surface area contributed by atoms with E-state index in [-0.39, 0.29) is 5.91 Å². The van der Waals surface area contributed by atoms with Gasteiger partial charge in [0, 0.05) is 44.0 Å². The first-order valence-electron chi connectivity index (χ1n) is 10.1. The van der Waals surface area contributed by atoms with Crippen molar-refractivity contribution < 1.29 is 9.21 Å². The summed E-state index contributed by atoms with van der Waals surface area (Å²) in [6.45, 7) is 7.51. The minimum Gasteiger partial charge on any atom is -0.467 e. The van der Waals surface area contributed by atoms with Crippen molar-refractivity contribution in [1.82, 2.24) is 10.2 Å². The minimum absolute atomic E-state index is 0.0763. The van der Waals surface area contributed by atoms with Crippen LogP contribution in [0.5, 0.6) is 0 Å². The van der Waals surface area contributed by atoms with Crippen molar-refractivity contribution in [2.45, 2.75) is 20.0 Å². The summed E-state index contributed by atoms with van der Waals surface area (Å²) in [5.41, 5.74) is 4.52. The quantitative estimate of drug-likeness (QED) is 0.696. The highest BCUT2D eigenvalue weighted by molar-refractivity contribution is 5.94. The van der Waals surface area contributed by atoms with Crippen LogP contribution < -0.4 is 10.2 Å². The summed E-state index contributed by atoms with van der Waals surface area (Å²) in [7, 11) is 0. The van der Waals surface area contributed by atoms with Gasteiger partial charge in [0.1, 0.15) is 5.76 Å². The Bertz CT molecular complexity index is 944. The summed E-state index contributed by atoms with van der Waals surface area (Å²) in [5.74, 6) is 0.675. The second-order valence-corrected chi connectivity index (χ2v) is 7.51. The van der Waals surface area contributed by atoms with Gasteiger partial charge in [0.15, 0.2) is 0 Å². The molecule has 1 aliphatic rings. The highest BCUT2D eigenvalue weighted by Gasteiger charge is 2.18. The molecule has 0 saturated carbocycles. The van der Waals surface area contributed by atoms with Crippen LogP contribution in [0.3, 0.4) is 0 Å². The first kappa shape index (κ1) is 19.3. The molecule has 2 heterocycles. The van der Waals surface area contributed by atoms with E-state index in [1.165, 1.54) is 16.8 Å². The summed E-state index contributed by atoms with van der Waals surface area (Å²) >= 11 is 0. The highest BCUT2D eigenvalue weighted by atomic mass is 16.3. The van der Waals surface area contributed by atoms with Gasteiger partial charge in [-0.25, -0.2) is 0 Å². The Hall–Kier alpha value is -3.05. The van der Waals surface area contributed by atoms with Crippen molar-refractivity contribution in [1.29, 1.82) is 0 Å². The van der Waals surface area contributed by atoms with Crippen LogP contribution in [0.4, 0.5) is 5.69 Å². The van der Waals surface area contributed by atoms with Crippen LogP contribution in [0.2, 0.25) is 0 Å². The number of carbonyl (C=O) groups excluding carboxylic acids is 1. The zero-order valence-electron chi connectivity index (χ0n) is 16.8. The molecule has 1 aromatic heterocycles. The van der Waals surface area contributed by atoms with Crippen LogP contribution in [0.15, 0.2) is 71.3 Å². The second kappa shape index (κ2) is 8.97. The Balaban J connectivity index is 1.31. The molecule has 0 atom stereocenters. The molecule has 0 bridgehead atoms. The van der Waals surface area contributed by atoms with Crippen LogP contribution in [-0.4, -0.2) is 37.0 Å². The third-order valence-electron chi connectivity index (χ3n) is 5.43. The molecule has 5 nitrogen and oxygen atoms in total. The lowest BCUT2D eigenvalue weighted by Crippen LogP contribution is -2.46. The maximum absolute atomic E-state index is 12.4. The van der Waals surface area contributed by atoms with E-state index >= 15 is 0 Å². The molecule has 1 N–H and O–H groups in total. The number of para-hydroxylation sites is 1. The molecule has 0 unspecified atom stereocenters. The zero-order valence-corrected chi connectivity index (χ0v) is 16.8. The monoisotopic (exact) mass is 389 g/mol. The number of carbonyl (C=O) groups is 1. The van der Waals surface area contributed by atoms with Crippen molar-refractivity contribution in [3.63, 3.8) is 0 Å². The number of anilines is 1. The van der Waals surface area contributed by atoms with Crippen molar-refractivity contribution in [3.05, 3.63) is 89.4 Å². The molecule has 0 radical (unpaired) electrons. The first-order chi connectivity index (χ1) is 14.2. The van der Waals surface area contributed by atoms with E-state index in [9.17, 15) is 4.79 Å². The summed E-state index contributed by atoms with van der Waals surface area (Å²) in [6.07, 6.45) is 1.61. The number of piperazine rings is 1. The largest absolute Gasteiger partial charge is 0.467 e. The molecule has 1 amide bonds. The molecule has 1 fully saturated rings. The van der Waals surface area contributed by atoms with Crippen LogP contribution in [0, 0.1) is 6.92 Å². The molecule has 0 spiro atoms. The molecule has 5 heteroatoms. The summed E-state index contributed by atoms with van der Waals surface area (Å²) in [5, 5.41) is 2.91. The van der Waals surface area contributed by atoms with Gasteiger partial charge in [-0.3, -0.25) is 9.69 Å². The number of amides is 1. The van der Waals surface area contributed by atoms with Gasteiger partial charge >= 0.3 is 0 Å². The highest BCUT2D eigenvalue weighted by Crippen LogP contribution is 2.21. The lowest BCUT2D eigenvalue weighted by Gasteiger charge is -2.36. The molecule has 0 aliphatic carbocycles. The average molecular weight is 389 g/mol. The molecule has 1 aliphatic heterocycles. The van der Waals surface area contributed by atoms with Crippen LogP contribution in [-0.2, 0) is 13.1 Å². The molecule has 150 valence electrons. The third kappa shape index (κ3) is 4.87. The van der Waals surface area contributed by atoms with Gasteiger partial charge in [-0.1, -0.05) is 30.3 Å². The molecule has 3 aromatic rings. The Morgan fingerprint density at radius 2 is 1.83 bits per heavy atom. The number of nitrogens with zero attached hydrogens (tertiary/aromatic N) is 2. The summed E-state index contributed by atoms with van der Waals surface area (Å²) in [4.78, 5) is 17.4. The number of benzene rings is 2. The number of rotatable bonds is 6. The van der Waals surface area contributed by atoms with E-state index in [0.29, 0.717) is 12.1 Å². The first-order valence-corrected chi connectivity index (χ1v) is 10.1. The van der Waals surface area contributed by atoms with Crippen molar-refractivity contribution in [2.75, 3.05) is 31.1 Å². The van der Waals surface area contributed by atoms with E-state index in [1.807, 2.05) is 30.3 Å². The van der Waals surface area contributed by atoms with Gasteiger partial charge < -0.3 is 14.6 Å². The van der Waals surface area contributed by atoms with Crippen molar-refractivity contribution in [3.8, 4) is 0 Å². The normalized spacial score (nSPS) is 14.7. The minimum atomic E-state index is -0.0763. The smallest absolute Gasteiger partial charge is 0.251 e. The van der Waals surface area contributed by atoms with E-state index < -0.39 is 0 Å². The molecular weight excluding hydrogens is 362 g/mol. The molecule has 1 saturated heterocycles. The predicted molar refractivity (Wildman–Crippen MR) is 115 cm³/mol. The van der Waals surface area contributed by atoms with Gasteiger partial charge in [0.2, 0.25) is 0 Å². The molecular formula is C24H27N3O2. The fourth-order valence-corrected chi connectivity index (χ4v) is 3.82. The Kier molecular flexibility index (Phi) is 5.96. The Morgan fingerprint density at radius 1 is 1.00 bits per heavy atom. The van der Waals surface area contributed by atoms with Crippen LogP contribution in [0.25, 0.3) is 0 Å². The number of aryl methyl sites for hydroxylation is 1. The fraction of sp³-hybridized carbons (Fsp3) is 0.292. The summed E-state index contributed by atoms with van der Waals surface area (Å²) in [6, 6.07) is 20.2. The van der Waals surface area contributed by atoms with Crippen molar-refractivity contribution >= 4 is 11.6 Å². The van der Waals surface area contributed by atoms with Gasteiger partial charge in [-0.05, 0) is 48.4 Å². The lowest BCUT2D eigenvalue weighted by molar-refractivity contribution is 0.0948. The molecule has 2 aromatic carbocycles. The van der Waals surface area contributed by atoms with Crippen LogP contribution >= 0.6 is 0 Å². The van der Waals surface area contributed by atoms with E-state index in [0.717, 1.165) is 38.5 Å². The molecule has 4 rings (SSSR count). The maximum atomic E-state index is 12.4. The second-order valence-electron chi connectivity index (χ2n) is 7.51. The Labute approximate surface area is 171 Å². The number of hydrogen-bond acceptors (Lipinski definition) is 4. The van der Waals surface area contributed by atoms with Gasteiger partial charge in [0.05, 0.1) is 12.8 Å². The van der Waals surface area contributed by atoms with Gasteiger partial charge in [-0.15, -0.1) is 0 Å². The number of hydrogen-bond donors (Lipinski definition) is 1. The van der Waals surface area contributed by atoms with Crippen molar-refractivity contribution in [2.24, 2.45) is 0 Å². The maximum Gasteiger partial charge on any atom is 0.251 e. The zero-order chi connectivity index (χ0) is 20.1.